The molecule has 1 aromatic carbocycles. The van der Waals surface area contributed by atoms with Gasteiger partial charge in [-0.25, -0.2) is 22.9 Å². The van der Waals surface area contributed by atoms with Crippen LogP contribution in [0.25, 0.3) is 0 Å². The zero-order chi connectivity index (χ0) is 17.9. The first-order valence-corrected chi connectivity index (χ1v) is 7.24. The Morgan fingerprint density at radius 1 is 1.29 bits per heavy atom. The molecule has 0 aliphatic carbocycles. The van der Waals surface area contributed by atoms with E-state index in [0.29, 0.717) is 5.15 Å². The third kappa shape index (κ3) is 4.04. The summed E-state index contributed by atoms with van der Waals surface area (Å²) in [5.41, 5.74) is 0.668. The quantitative estimate of drug-likeness (QED) is 0.466. The first-order valence-electron chi connectivity index (χ1n) is 6.86. The molecule has 2 aromatic rings. The van der Waals surface area contributed by atoms with Gasteiger partial charge in [-0.3, -0.25) is 4.90 Å². The predicted molar refractivity (Wildman–Crippen MR) is 81.8 cm³/mol. The number of methoxy groups -OCH3 is 1. The van der Waals surface area contributed by atoms with Gasteiger partial charge in [0.2, 0.25) is 0 Å². The molecular weight excluding hydrogens is 345 g/mol. The van der Waals surface area contributed by atoms with Gasteiger partial charge in [-0.15, -0.1) is 0 Å². The van der Waals surface area contributed by atoms with Crippen molar-refractivity contribution in [3.05, 3.63) is 64.2 Å². The van der Waals surface area contributed by atoms with Crippen molar-refractivity contribution in [3.8, 4) is 0 Å². The van der Waals surface area contributed by atoms with Gasteiger partial charge in [0.1, 0.15) is 11.2 Å². The average Bonchev–Trinajstić information content (AvgIpc) is 2.54. The van der Waals surface area contributed by atoms with Gasteiger partial charge >= 0.3 is 5.97 Å². The fraction of sp³-hybridized carbons (Fsp3) is 0.250. The highest BCUT2D eigenvalue weighted by atomic mass is 35.5. The number of benzene rings is 1. The predicted octanol–water partition coefficient (Wildman–Crippen LogP) is 3.50. The summed E-state index contributed by atoms with van der Waals surface area (Å²) in [7, 11) is 2.72. The number of rotatable bonds is 5. The highest BCUT2D eigenvalue weighted by molar-refractivity contribution is 6.29. The highest BCUT2D eigenvalue weighted by Crippen LogP contribution is 2.26. The normalized spacial score (nSPS) is 12.3. The number of halogens is 4. The molecule has 4 nitrogen and oxygen atoms in total. The molecule has 8 heteroatoms. The Morgan fingerprint density at radius 2 is 1.92 bits per heavy atom. The topological polar surface area (TPSA) is 42.4 Å². The number of carbonyl (C=O) groups excluding carboxylic acids is 1. The molecule has 0 unspecified atom stereocenters. The van der Waals surface area contributed by atoms with E-state index in [4.69, 9.17) is 16.3 Å². The highest BCUT2D eigenvalue weighted by Gasteiger charge is 2.28. The molecule has 1 heterocycles. The number of carbonyl (C=O) groups is 1. The van der Waals surface area contributed by atoms with Gasteiger partial charge in [-0.05, 0) is 36.4 Å². The number of nitrogens with zero attached hydrogens (tertiary/aromatic N) is 2. The number of esters is 1. The lowest BCUT2D eigenvalue weighted by Crippen LogP contribution is -2.31. The van der Waals surface area contributed by atoms with E-state index in [1.165, 1.54) is 11.1 Å². The third-order valence-electron chi connectivity index (χ3n) is 3.41. The summed E-state index contributed by atoms with van der Waals surface area (Å²) in [6, 6.07) is 3.71. The molecule has 0 spiro atoms. The van der Waals surface area contributed by atoms with Crippen molar-refractivity contribution in [3.63, 3.8) is 0 Å². The third-order valence-corrected chi connectivity index (χ3v) is 3.63. The molecule has 0 amide bonds. The lowest BCUT2D eigenvalue weighted by atomic mass is 10.0. The summed E-state index contributed by atoms with van der Waals surface area (Å²) in [5.74, 6) is -5.07. The lowest BCUT2D eigenvalue weighted by molar-refractivity contribution is -0.147. The first kappa shape index (κ1) is 18.2. The molecule has 1 aromatic heterocycles. The van der Waals surface area contributed by atoms with E-state index in [1.807, 2.05) is 0 Å². The SMILES string of the molecule is COC(=O)[C@H](c1cc(F)c(F)c(F)c1)N(C)Cc1ccc(Cl)nc1. The van der Waals surface area contributed by atoms with Crippen LogP contribution in [0.2, 0.25) is 5.15 Å². The average molecular weight is 359 g/mol. The zero-order valence-corrected chi connectivity index (χ0v) is 13.6. The smallest absolute Gasteiger partial charge is 0.327 e. The van der Waals surface area contributed by atoms with E-state index in [0.717, 1.165) is 24.8 Å². The summed E-state index contributed by atoms with van der Waals surface area (Å²) in [5, 5.41) is 0.314. The van der Waals surface area contributed by atoms with Crippen molar-refractivity contribution in [2.75, 3.05) is 14.2 Å². The molecule has 0 bridgehead atoms. The van der Waals surface area contributed by atoms with Crippen molar-refractivity contribution >= 4 is 17.6 Å². The van der Waals surface area contributed by atoms with Gasteiger partial charge in [0.05, 0.1) is 7.11 Å². The summed E-state index contributed by atoms with van der Waals surface area (Å²) in [6.45, 7) is 0.227. The second-order valence-corrected chi connectivity index (χ2v) is 5.52. The number of hydrogen-bond acceptors (Lipinski definition) is 4. The number of likely N-dealkylation sites (N-methyl/N-ethyl adjacent to an activating group) is 1. The van der Waals surface area contributed by atoms with Gasteiger partial charge in [0, 0.05) is 12.7 Å². The molecule has 128 valence electrons. The molecule has 0 N–H and O–H groups in total. The van der Waals surface area contributed by atoms with Crippen LogP contribution in [0.1, 0.15) is 17.2 Å². The van der Waals surface area contributed by atoms with Crippen LogP contribution in [-0.4, -0.2) is 30.0 Å². The van der Waals surface area contributed by atoms with Gasteiger partial charge in [0.25, 0.3) is 0 Å². The maximum Gasteiger partial charge on any atom is 0.327 e. The Balaban J connectivity index is 2.34. The largest absolute Gasteiger partial charge is 0.468 e. The van der Waals surface area contributed by atoms with E-state index in [2.05, 4.69) is 4.98 Å². The Bertz CT molecular complexity index is 718. The summed E-state index contributed by atoms with van der Waals surface area (Å²) < 4.78 is 44.8. The molecule has 0 saturated carbocycles. The van der Waals surface area contributed by atoms with Crippen LogP contribution in [-0.2, 0) is 16.1 Å². The van der Waals surface area contributed by atoms with Crippen LogP contribution in [0.15, 0.2) is 30.5 Å². The Morgan fingerprint density at radius 3 is 2.42 bits per heavy atom. The lowest BCUT2D eigenvalue weighted by Gasteiger charge is -2.26. The molecule has 1 atom stereocenters. The molecule has 0 fully saturated rings. The van der Waals surface area contributed by atoms with E-state index in [1.54, 1.807) is 19.2 Å². The zero-order valence-electron chi connectivity index (χ0n) is 12.9. The van der Waals surface area contributed by atoms with Gasteiger partial charge in [-0.1, -0.05) is 17.7 Å². The fourth-order valence-corrected chi connectivity index (χ4v) is 2.41. The number of pyridine rings is 1. The van der Waals surface area contributed by atoms with Crippen molar-refractivity contribution < 1.29 is 22.7 Å². The van der Waals surface area contributed by atoms with Crippen LogP contribution in [0.5, 0.6) is 0 Å². The maximum atomic E-state index is 13.5. The van der Waals surface area contributed by atoms with Crippen LogP contribution in [0.3, 0.4) is 0 Å². The molecule has 0 saturated heterocycles. The molecule has 24 heavy (non-hydrogen) atoms. The Hall–Kier alpha value is -2.12. The molecule has 0 aliphatic rings. The number of aromatic nitrogens is 1. The minimum absolute atomic E-state index is 0.0531. The molecule has 2 rings (SSSR count). The summed E-state index contributed by atoms with van der Waals surface area (Å²) in [6.07, 6.45) is 1.51. The van der Waals surface area contributed by atoms with Crippen molar-refractivity contribution in [1.29, 1.82) is 0 Å². The van der Waals surface area contributed by atoms with Crippen LogP contribution in [0.4, 0.5) is 13.2 Å². The van der Waals surface area contributed by atoms with E-state index < -0.39 is 29.5 Å². The monoisotopic (exact) mass is 358 g/mol. The van der Waals surface area contributed by atoms with Crippen LogP contribution >= 0.6 is 11.6 Å². The number of ether oxygens (including phenoxy) is 1. The van der Waals surface area contributed by atoms with Gasteiger partial charge in [-0.2, -0.15) is 0 Å². The van der Waals surface area contributed by atoms with E-state index in [-0.39, 0.29) is 12.1 Å². The second kappa shape index (κ2) is 7.63. The van der Waals surface area contributed by atoms with Crippen molar-refractivity contribution in [2.45, 2.75) is 12.6 Å². The Kier molecular flexibility index (Phi) is 5.80. The minimum atomic E-state index is -1.59. The van der Waals surface area contributed by atoms with Crippen LogP contribution in [0, 0.1) is 17.5 Å². The second-order valence-electron chi connectivity index (χ2n) is 5.13. The first-order chi connectivity index (χ1) is 11.3. The number of hydrogen-bond donors (Lipinski definition) is 0. The summed E-state index contributed by atoms with van der Waals surface area (Å²) >= 11 is 5.71. The van der Waals surface area contributed by atoms with Crippen molar-refractivity contribution in [2.24, 2.45) is 0 Å². The van der Waals surface area contributed by atoms with Gasteiger partial charge in [0.15, 0.2) is 17.5 Å². The minimum Gasteiger partial charge on any atom is -0.468 e. The van der Waals surface area contributed by atoms with E-state index in [9.17, 15) is 18.0 Å². The Labute approximate surface area is 141 Å². The summed E-state index contributed by atoms with van der Waals surface area (Å²) in [4.78, 5) is 17.5. The van der Waals surface area contributed by atoms with E-state index >= 15 is 0 Å². The fourth-order valence-electron chi connectivity index (χ4n) is 2.29. The van der Waals surface area contributed by atoms with Crippen molar-refractivity contribution in [1.82, 2.24) is 9.88 Å². The maximum absolute atomic E-state index is 13.5. The van der Waals surface area contributed by atoms with Crippen LogP contribution < -0.4 is 0 Å². The van der Waals surface area contributed by atoms with Gasteiger partial charge < -0.3 is 4.74 Å². The molecule has 0 radical (unpaired) electrons. The molecular formula is C16H14ClF3N2O2. The standard InChI is InChI=1S/C16H14ClF3N2O2/c1-22(8-9-3-4-13(17)21-7-9)15(16(23)24-2)10-5-11(18)14(20)12(19)6-10/h3-7,15H,8H2,1-2H3/t15-/m0/s1. The molecule has 0 aliphatic heterocycles.